The smallest absolute Gasteiger partial charge is 0.321 e. The van der Waals surface area contributed by atoms with Crippen LogP contribution in [0.1, 0.15) is 24.8 Å². The Morgan fingerprint density at radius 3 is 3.04 bits per heavy atom. The number of likely N-dealkylation sites (tertiary alicyclic amines) is 1. The molecule has 2 N–H and O–H groups in total. The SMILES string of the molecule is O=C(Nc1ccc2c(c1)CCO2)N1C[C@@H]2CCC[C@@]2(C(=O)O)C1. The molecule has 2 amide bonds. The van der Waals surface area contributed by atoms with Crippen LogP contribution in [-0.4, -0.2) is 41.7 Å². The first-order valence-electron chi connectivity index (χ1n) is 8.13. The highest BCUT2D eigenvalue weighted by Gasteiger charge is 2.55. The number of urea groups is 1. The molecule has 0 unspecified atom stereocenters. The molecule has 2 fully saturated rings. The van der Waals surface area contributed by atoms with E-state index in [1.165, 1.54) is 0 Å². The standard InChI is InChI=1S/C17H20N2O4/c20-15(21)17-6-1-2-12(17)9-19(10-17)16(22)18-13-3-4-14-11(8-13)5-7-23-14/h3-4,8,12H,1-2,5-7,9-10H2,(H,18,22)(H,20,21)/t12-,17+/m0/s1. The molecule has 1 saturated carbocycles. The summed E-state index contributed by atoms with van der Waals surface area (Å²) >= 11 is 0. The number of carboxylic acids is 1. The van der Waals surface area contributed by atoms with Crippen LogP contribution >= 0.6 is 0 Å². The summed E-state index contributed by atoms with van der Waals surface area (Å²) in [6.45, 7) is 1.53. The number of aliphatic carboxylic acids is 1. The number of carbonyl (C=O) groups excluding carboxylic acids is 1. The molecule has 122 valence electrons. The largest absolute Gasteiger partial charge is 0.493 e. The van der Waals surface area contributed by atoms with Crippen LogP contribution in [0.15, 0.2) is 18.2 Å². The molecule has 6 nitrogen and oxygen atoms in total. The fraction of sp³-hybridized carbons (Fsp3) is 0.529. The van der Waals surface area contributed by atoms with Gasteiger partial charge in [-0.15, -0.1) is 0 Å². The van der Waals surface area contributed by atoms with Crippen molar-refractivity contribution >= 4 is 17.7 Å². The van der Waals surface area contributed by atoms with E-state index in [4.69, 9.17) is 4.74 Å². The molecule has 3 aliphatic rings. The summed E-state index contributed by atoms with van der Waals surface area (Å²) in [4.78, 5) is 25.8. The number of carbonyl (C=O) groups is 2. The van der Waals surface area contributed by atoms with Gasteiger partial charge in [0.25, 0.3) is 0 Å². The van der Waals surface area contributed by atoms with Crippen LogP contribution < -0.4 is 10.1 Å². The van der Waals surface area contributed by atoms with Gasteiger partial charge in [-0.1, -0.05) is 6.42 Å². The molecule has 0 radical (unpaired) electrons. The molecular formula is C17H20N2O4. The van der Waals surface area contributed by atoms with Crippen molar-refractivity contribution in [3.8, 4) is 5.75 Å². The molecule has 1 aromatic rings. The quantitative estimate of drug-likeness (QED) is 0.878. The maximum absolute atomic E-state index is 12.5. The first-order chi connectivity index (χ1) is 11.1. The fourth-order valence-electron chi connectivity index (χ4n) is 4.26. The molecule has 23 heavy (non-hydrogen) atoms. The predicted molar refractivity (Wildman–Crippen MR) is 83.6 cm³/mol. The normalized spacial score (nSPS) is 28.2. The van der Waals surface area contributed by atoms with Gasteiger partial charge in [0, 0.05) is 25.2 Å². The Bertz CT molecular complexity index is 675. The number of amides is 2. The zero-order chi connectivity index (χ0) is 16.0. The van der Waals surface area contributed by atoms with Crippen LogP contribution in [0.25, 0.3) is 0 Å². The molecule has 2 heterocycles. The fourth-order valence-corrected chi connectivity index (χ4v) is 4.26. The molecule has 0 bridgehead atoms. The van der Waals surface area contributed by atoms with Gasteiger partial charge >= 0.3 is 12.0 Å². The van der Waals surface area contributed by atoms with Crippen molar-refractivity contribution in [1.82, 2.24) is 4.90 Å². The second-order valence-electron chi connectivity index (χ2n) is 6.78. The van der Waals surface area contributed by atoms with Crippen molar-refractivity contribution in [2.45, 2.75) is 25.7 Å². The molecule has 0 spiro atoms. The van der Waals surface area contributed by atoms with Gasteiger partial charge in [-0.2, -0.15) is 0 Å². The van der Waals surface area contributed by atoms with E-state index in [2.05, 4.69) is 5.32 Å². The van der Waals surface area contributed by atoms with Crippen molar-refractivity contribution in [2.24, 2.45) is 11.3 Å². The Balaban J connectivity index is 1.47. The zero-order valence-electron chi connectivity index (χ0n) is 12.9. The third kappa shape index (κ3) is 2.24. The van der Waals surface area contributed by atoms with E-state index in [0.29, 0.717) is 26.1 Å². The van der Waals surface area contributed by atoms with Crippen LogP contribution in [-0.2, 0) is 11.2 Å². The van der Waals surface area contributed by atoms with Crippen molar-refractivity contribution in [2.75, 3.05) is 25.0 Å². The van der Waals surface area contributed by atoms with Crippen LogP contribution in [0.2, 0.25) is 0 Å². The summed E-state index contributed by atoms with van der Waals surface area (Å²) in [6.07, 6.45) is 3.36. The molecule has 1 saturated heterocycles. The lowest BCUT2D eigenvalue weighted by Gasteiger charge is -2.23. The van der Waals surface area contributed by atoms with E-state index < -0.39 is 11.4 Å². The molecule has 1 aromatic carbocycles. The van der Waals surface area contributed by atoms with Gasteiger partial charge in [0.05, 0.1) is 12.0 Å². The van der Waals surface area contributed by atoms with Gasteiger partial charge in [0.15, 0.2) is 0 Å². The van der Waals surface area contributed by atoms with E-state index in [9.17, 15) is 14.7 Å². The highest BCUT2D eigenvalue weighted by molar-refractivity contribution is 5.91. The van der Waals surface area contributed by atoms with Crippen LogP contribution in [0, 0.1) is 11.3 Å². The Morgan fingerprint density at radius 1 is 1.39 bits per heavy atom. The first kappa shape index (κ1) is 14.4. The van der Waals surface area contributed by atoms with Crippen molar-refractivity contribution in [3.63, 3.8) is 0 Å². The Morgan fingerprint density at radius 2 is 2.26 bits per heavy atom. The van der Waals surface area contributed by atoms with Crippen molar-refractivity contribution < 1.29 is 19.4 Å². The summed E-state index contributed by atoms with van der Waals surface area (Å²) in [7, 11) is 0. The molecule has 2 aliphatic heterocycles. The number of rotatable bonds is 2. The summed E-state index contributed by atoms with van der Waals surface area (Å²) < 4.78 is 5.46. The van der Waals surface area contributed by atoms with E-state index in [0.717, 1.165) is 36.3 Å². The van der Waals surface area contributed by atoms with Crippen LogP contribution in [0.5, 0.6) is 5.75 Å². The van der Waals surface area contributed by atoms with Gasteiger partial charge in [0.1, 0.15) is 5.75 Å². The number of benzene rings is 1. The van der Waals surface area contributed by atoms with E-state index in [1.807, 2.05) is 18.2 Å². The van der Waals surface area contributed by atoms with Crippen molar-refractivity contribution in [1.29, 1.82) is 0 Å². The topological polar surface area (TPSA) is 78.9 Å². The van der Waals surface area contributed by atoms with E-state index in [1.54, 1.807) is 4.90 Å². The average Bonchev–Trinajstić information content (AvgIpc) is 3.20. The van der Waals surface area contributed by atoms with Gasteiger partial charge < -0.3 is 20.1 Å². The minimum Gasteiger partial charge on any atom is -0.493 e. The molecular weight excluding hydrogens is 296 g/mol. The van der Waals surface area contributed by atoms with E-state index >= 15 is 0 Å². The molecule has 6 heteroatoms. The molecule has 1 aliphatic carbocycles. The van der Waals surface area contributed by atoms with Gasteiger partial charge in [-0.3, -0.25) is 4.79 Å². The summed E-state index contributed by atoms with van der Waals surface area (Å²) in [6, 6.07) is 5.42. The maximum Gasteiger partial charge on any atom is 0.321 e. The number of fused-ring (bicyclic) bond motifs is 2. The summed E-state index contributed by atoms with van der Waals surface area (Å²) in [5.41, 5.74) is 1.10. The molecule has 2 atom stereocenters. The summed E-state index contributed by atoms with van der Waals surface area (Å²) in [5.74, 6) is 0.202. The Labute approximate surface area is 134 Å². The zero-order valence-corrected chi connectivity index (χ0v) is 12.9. The number of nitrogens with zero attached hydrogens (tertiary/aromatic N) is 1. The van der Waals surface area contributed by atoms with E-state index in [-0.39, 0.29) is 11.9 Å². The second-order valence-corrected chi connectivity index (χ2v) is 6.78. The summed E-state index contributed by atoms with van der Waals surface area (Å²) in [5, 5.41) is 12.5. The lowest BCUT2D eigenvalue weighted by atomic mass is 9.81. The monoisotopic (exact) mass is 316 g/mol. The lowest BCUT2D eigenvalue weighted by molar-refractivity contribution is -0.149. The molecule has 4 rings (SSSR count). The third-order valence-corrected chi connectivity index (χ3v) is 5.52. The highest BCUT2D eigenvalue weighted by Crippen LogP contribution is 2.49. The predicted octanol–water partition coefficient (Wildman–Crippen LogP) is 2.34. The van der Waals surface area contributed by atoms with Crippen LogP contribution in [0.4, 0.5) is 10.5 Å². The Hall–Kier alpha value is -2.24. The third-order valence-electron chi connectivity index (χ3n) is 5.52. The first-order valence-corrected chi connectivity index (χ1v) is 8.13. The lowest BCUT2D eigenvalue weighted by Crippen LogP contribution is -2.38. The number of nitrogens with one attached hydrogen (secondary N) is 1. The highest BCUT2D eigenvalue weighted by atomic mass is 16.5. The van der Waals surface area contributed by atoms with Gasteiger partial charge in [0.2, 0.25) is 0 Å². The van der Waals surface area contributed by atoms with Crippen molar-refractivity contribution in [3.05, 3.63) is 23.8 Å². The minimum atomic E-state index is -0.759. The Kier molecular flexibility index (Phi) is 3.21. The number of ether oxygens (including phenoxy) is 1. The number of hydrogen-bond donors (Lipinski definition) is 2. The molecule has 0 aromatic heterocycles. The maximum atomic E-state index is 12.5. The van der Waals surface area contributed by atoms with Crippen LogP contribution in [0.3, 0.4) is 0 Å². The average molecular weight is 316 g/mol. The minimum absolute atomic E-state index is 0.0826. The van der Waals surface area contributed by atoms with Gasteiger partial charge in [-0.25, -0.2) is 4.79 Å². The number of anilines is 1. The van der Waals surface area contributed by atoms with Gasteiger partial charge in [-0.05, 0) is 42.5 Å². The number of hydrogen-bond acceptors (Lipinski definition) is 3. The number of carboxylic acid groups (broad SMARTS) is 1. The second kappa shape index (κ2) is 5.15.